The molecule has 0 aliphatic rings. The Morgan fingerprint density at radius 3 is 2.78 bits per heavy atom. The van der Waals surface area contributed by atoms with Gasteiger partial charge in [0.25, 0.3) is 5.91 Å². The van der Waals surface area contributed by atoms with Crippen LogP contribution in [0.4, 0.5) is 10.1 Å². The number of hydrogen-bond donors (Lipinski definition) is 1. The fourth-order valence-electron chi connectivity index (χ4n) is 1.33. The van der Waals surface area contributed by atoms with Crippen LogP contribution < -0.4 is 5.32 Å². The SMILES string of the molecule is O=C(Nc1ccc(Cl)nc1)c1cccc(Br)c1F. The third kappa shape index (κ3) is 2.86. The number of carbonyl (C=O) groups is 1. The first-order valence-corrected chi connectivity index (χ1v) is 6.12. The Morgan fingerprint density at radius 1 is 1.33 bits per heavy atom. The Morgan fingerprint density at radius 2 is 2.11 bits per heavy atom. The van der Waals surface area contributed by atoms with Crippen LogP contribution in [0.15, 0.2) is 41.0 Å². The topological polar surface area (TPSA) is 42.0 Å². The molecule has 1 heterocycles. The monoisotopic (exact) mass is 328 g/mol. The van der Waals surface area contributed by atoms with Crippen LogP contribution in [0.2, 0.25) is 5.15 Å². The van der Waals surface area contributed by atoms with E-state index in [0.29, 0.717) is 10.8 Å². The zero-order valence-electron chi connectivity index (χ0n) is 8.95. The molecule has 3 nitrogen and oxygen atoms in total. The van der Waals surface area contributed by atoms with E-state index in [-0.39, 0.29) is 10.0 Å². The Kier molecular flexibility index (Phi) is 3.93. The van der Waals surface area contributed by atoms with Crippen molar-refractivity contribution in [1.29, 1.82) is 0 Å². The van der Waals surface area contributed by atoms with Gasteiger partial charge in [0.2, 0.25) is 0 Å². The molecule has 0 saturated carbocycles. The fraction of sp³-hybridized carbons (Fsp3) is 0. The van der Waals surface area contributed by atoms with Gasteiger partial charge >= 0.3 is 0 Å². The summed E-state index contributed by atoms with van der Waals surface area (Å²) in [4.78, 5) is 15.7. The van der Waals surface area contributed by atoms with E-state index < -0.39 is 11.7 Å². The molecule has 1 aromatic carbocycles. The lowest BCUT2D eigenvalue weighted by Gasteiger charge is -2.06. The van der Waals surface area contributed by atoms with Crippen molar-refractivity contribution in [3.8, 4) is 0 Å². The van der Waals surface area contributed by atoms with Gasteiger partial charge in [0.15, 0.2) is 0 Å². The lowest BCUT2D eigenvalue weighted by Crippen LogP contribution is -2.14. The molecule has 0 spiro atoms. The van der Waals surface area contributed by atoms with Crippen molar-refractivity contribution in [3.05, 3.63) is 57.5 Å². The normalized spacial score (nSPS) is 10.2. The second-order valence-electron chi connectivity index (χ2n) is 3.43. The number of pyridine rings is 1. The molecule has 0 radical (unpaired) electrons. The molecule has 0 bridgehead atoms. The molecular formula is C12H7BrClFN2O. The average Bonchev–Trinajstić information content (AvgIpc) is 2.35. The van der Waals surface area contributed by atoms with E-state index >= 15 is 0 Å². The minimum atomic E-state index is -0.600. The summed E-state index contributed by atoms with van der Waals surface area (Å²) in [5, 5.41) is 2.85. The largest absolute Gasteiger partial charge is 0.320 e. The maximum absolute atomic E-state index is 13.7. The number of amides is 1. The van der Waals surface area contributed by atoms with E-state index in [2.05, 4.69) is 26.2 Å². The van der Waals surface area contributed by atoms with Crippen LogP contribution in [0.5, 0.6) is 0 Å². The van der Waals surface area contributed by atoms with Gasteiger partial charge in [-0.15, -0.1) is 0 Å². The van der Waals surface area contributed by atoms with Crippen LogP contribution >= 0.6 is 27.5 Å². The molecule has 6 heteroatoms. The van der Waals surface area contributed by atoms with E-state index in [9.17, 15) is 9.18 Å². The van der Waals surface area contributed by atoms with Crippen LogP contribution in [0.1, 0.15) is 10.4 Å². The van der Waals surface area contributed by atoms with Crippen molar-refractivity contribution in [2.45, 2.75) is 0 Å². The van der Waals surface area contributed by atoms with E-state index in [0.717, 1.165) is 0 Å². The molecule has 0 aliphatic heterocycles. The molecule has 0 aliphatic carbocycles. The van der Waals surface area contributed by atoms with Gasteiger partial charge in [-0.2, -0.15) is 0 Å². The third-order valence-electron chi connectivity index (χ3n) is 2.18. The van der Waals surface area contributed by atoms with Gasteiger partial charge in [-0.1, -0.05) is 17.7 Å². The maximum Gasteiger partial charge on any atom is 0.258 e. The van der Waals surface area contributed by atoms with E-state index in [1.807, 2.05) is 0 Å². The third-order valence-corrected chi connectivity index (χ3v) is 3.02. The number of halogens is 3. The lowest BCUT2D eigenvalue weighted by atomic mass is 10.2. The van der Waals surface area contributed by atoms with E-state index in [4.69, 9.17) is 11.6 Å². The number of anilines is 1. The second kappa shape index (κ2) is 5.46. The van der Waals surface area contributed by atoms with Crippen molar-refractivity contribution >= 4 is 39.1 Å². The summed E-state index contributed by atoms with van der Waals surface area (Å²) < 4.78 is 13.9. The van der Waals surface area contributed by atoms with Crippen molar-refractivity contribution in [2.24, 2.45) is 0 Å². The van der Waals surface area contributed by atoms with Crippen LogP contribution in [-0.4, -0.2) is 10.9 Å². The minimum Gasteiger partial charge on any atom is -0.320 e. The number of hydrogen-bond acceptors (Lipinski definition) is 2. The first kappa shape index (κ1) is 13.0. The first-order valence-electron chi connectivity index (χ1n) is 4.95. The Bertz CT molecular complexity index is 589. The van der Waals surface area contributed by atoms with Crippen LogP contribution in [0.25, 0.3) is 0 Å². The standard InChI is InChI=1S/C12H7BrClFN2O/c13-9-3-1-2-8(11(9)15)12(18)17-7-4-5-10(14)16-6-7/h1-6H,(H,17,18). The number of nitrogens with one attached hydrogen (secondary N) is 1. The number of nitrogens with zero attached hydrogens (tertiary/aromatic N) is 1. The molecule has 1 aromatic heterocycles. The summed E-state index contributed by atoms with van der Waals surface area (Å²) in [5.74, 6) is -1.14. The van der Waals surface area contributed by atoms with Gasteiger partial charge in [-0.3, -0.25) is 4.79 Å². The fourth-order valence-corrected chi connectivity index (χ4v) is 1.81. The van der Waals surface area contributed by atoms with Gasteiger partial charge in [-0.25, -0.2) is 9.37 Å². The van der Waals surface area contributed by atoms with Gasteiger partial charge in [0.05, 0.1) is 21.9 Å². The molecule has 0 fully saturated rings. The summed E-state index contributed by atoms with van der Waals surface area (Å²) in [6.45, 7) is 0. The van der Waals surface area contributed by atoms with E-state index in [1.165, 1.54) is 24.4 Å². The summed E-state index contributed by atoms with van der Waals surface area (Å²) in [6, 6.07) is 7.63. The maximum atomic E-state index is 13.7. The first-order chi connectivity index (χ1) is 8.58. The van der Waals surface area contributed by atoms with Crippen LogP contribution in [-0.2, 0) is 0 Å². The van der Waals surface area contributed by atoms with E-state index in [1.54, 1.807) is 12.1 Å². The Balaban J connectivity index is 2.22. The lowest BCUT2D eigenvalue weighted by molar-refractivity contribution is 0.102. The number of aromatic nitrogens is 1. The molecule has 1 amide bonds. The highest BCUT2D eigenvalue weighted by molar-refractivity contribution is 9.10. The molecule has 18 heavy (non-hydrogen) atoms. The molecular weight excluding hydrogens is 322 g/mol. The molecule has 0 saturated heterocycles. The van der Waals surface area contributed by atoms with Gasteiger partial charge in [0, 0.05) is 0 Å². The molecule has 2 aromatic rings. The molecule has 1 N–H and O–H groups in total. The van der Waals surface area contributed by atoms with Crippen molar-refractivity contribution in [2.75, 3.05) is 5.32 Å². The molecule has 92 valence electrons. The van der Waals surface area contributed by atoms with Crippen molar-refractivity contribution < 1.29 is 9.18 Å². The number of carbonyl (C=O) groups excluding carboxylic acids is 1. The molecule has 2 rings (SSSR count). The predicted molar refractivity (Wildman–Crippen MR) is 71.3 cm³/mol. The Hall–Kier alpha value is -1.46. The Labute approximate surface area is 116 Å². The summed E-state index contributed by atoms with van der Waals surface area (Å²) >= 11 is 8.65. The average molecular weight is 330 g/mol. The quantitative estimate of drug-likeness (QED) is 0.849. The number of rotatable bonds is 2. The smallest absolute Gasteiger partial charge is 0.258 e. The summed E-state index contributed by atoms with van der Waals surface area (Å²) in [7, 11) is 0. The second-order valence-corrected chi connectivity index (χ2v) is 4.67. The van der Waals surface area contributed by atoms with Crippen LogP contribution in [0, 0.1) is 5.82 Å². The van der Waals surface area contributed by atoms with Gasteiger partial charge in [0.1, 0.15) is 11.0 Å². The van der Waals surface area contributed by atoms with Crippen molar-refractivity contribution in [3.63, 3.8) is 0 Å². The highest BCUT2D eigenvalue weighted by Crippen LogP contribution is 2.19. The highest BCUT2D eigenvalue weighted by atomic mass is 79.9. The zero-order chi connectivity index (χ0) is 13.1. The minimum absolute atomic E-state index is 0.0423. The number of benzene rings is 1. The van der Waals surface area contributed by atoms with Gasteiger partial charge in [-0.05, 0) is 40.2 Å². The zero-order valence-corrected chi connectivity index (χ0v) is 11.3. The highest BCUT2D eigenvalue weighted by Gasteiger charge is 2.13. The molecule has 0 atom stereocenters. The summed E-state index contributed by atoms with van der Waals surface area (Å²) in [6.07, 6.45) is 1.40. The van der Waals surface area contributed by atoms with Gasteiger partial charge < -0.3 is 5.32 Å². The van der Waals surface area contributed by atoms with Crippen LogP contribution in [0.3, 0.4) is 0 Å². The predicted octanol–water partition coefficient (Wildman–Crippen LogP) is 3.89. The van der Waals surface area contributed by atoms with Crippen molar-refractivity contribution in [1.82, 2.24) is 4.98 Å². The summed E-state index contributed by atoms with van der Waals surface area (Å²) in [5.41, 5.74) is 0.406. The molecule has 0 unspecified atom stereocenters.